The number of aliphatic hydroxyl groups excluding tert-OH is 1. The molecule has 0 saturated heterocycles. The van der Waals surface area contributed by atoms with E-state index in [2.05, 4.69) is 42.7 Å². The summed E-state index contributed by atoms with van der Waals surface area (Å²) in [6.45, 7) is 5.96. The molecule has 53 heavy (non-hydrogen) atoms. The van der Waals surface area contributed by atoms with Crippen LogP contribution in [0.15, 0.2) is 24.3 Å². The zero-order chi connectivity index (χ0) is 39.5. The molecule has 6 N–H and O–H groups in total. The smallest absolute Gasteiger partial charge is 0.469 e. The molecule has 0 bridgehead atoms. The molecule has 0 aliphatic carbocycles. The Kier molecular flexibility index (Phi) is 44.4. The van der Waals surface area contributed by atoms with E-state index in [9.17, 15) is 14.5 Å². The van der Waals surface area contributed by atoms with Crippen LogP contribution in [0.1, 0.15) is 194 Å². The van der Waals surface area contributed by atoms with Gasteiger partial charge in [-0.1, -0.05) is 154 Å². The van der Waals surface area contributed by atoms with Gasteiger partial charge in [-0.05, 0) is 64.2 Å². The minimum Gasteiger partial charge on any atom is -0.480 e. The number of carboxylic acids is 1. The Hall–Kier alpha value is -1.10. The molecule has 10 nitrogen and oxygen atoms in total. The van der Waals surface area contributed by atoms with Gasteiger partial charge in [-0.2, -0.15) is 0 Å². The van der Waals surface area contributed by atoms with Crippen LogP contribution in [0.2, 0.25) is 0 Å². The van der Waals surface area contributed by atoms with E-state index < -0.39 is 26.4 Å². The Morgan fingerprint density at radius 1 is 0.585 bits per heavy atom. The zero-order valence-corrected chi connectivity index (χ0v) is 35.0. The first-order valence-corrected chi connectivity index (χ1v) is 23.0. The predicted molar refractivity (Wildman–Crippen MR) is 220 cm³/mol. The van der Waals surface area contributed by atoms with Crippen molar-refractivity contribution in [2.45, 2.75) is 206 Å². The van der Waals surface area contributed by atoms with Crippen molar-refractivity contribution in [3.63, 3.8) is 0 Å². The number of hydrogen-bond donors (Lipinski definition) is 5. The second-order valence-electron chi connectivity index (χ2n) is 14.4. The third-order valence-electron chi connectivity index (χ3n) is 9.06. The SMILES string of the molecule is CCCCCCCC/C=C\CCCCCCCCOCC(CO)OCCCCCCCC/C=C\CCCCCCCC.NC(COP(=O)(O)O)C(=O)O. The van der Waals surface area contributed by atoms with Crippen LogP contribution in [-0.4, -0.2) is 71.1 Å². The van der Waals surface area contributed by atoms with E-state index in [0.29, 0.717) is 6.61 Å². The summed E-state index contributed by atoms with van der Waals surface area (Å²) < 4.78 is 25.4. The van der Waals surface area contributed by atoms with Gasteiger partial charge in [0, 0.05) is 13.2 Å². The van der Waals surface area contributed by atoms with Crippen molar-refractivity contribution in [1.82, 2.24) is 0 Å². The van der Waals surface area contributed by atoms with Crippen molar-refractivity contribution in [1.29, 1.82) is 0 Å². The second-order valence-corrected chi connectivity index (χ2v) is 15.6. The van der Waals surface area contributed by atoms with E-state index >= 15 is 0 Å². The largest absolute Gasteiger partial charge is 0.480 e. The lowest BCUT2D eigenvalue weighted by Crippen LogP contribution is -2.34. The maximum atomic E-state index is 9.98. The molecule has 11 heteroatoms. The van der Waals surface area contributed by atoms with E-state index in [1.54, 1.807) is 0 Å². The van der Waals surface area contributed by atoms with Gasteiger partial charge >= 0.3 is 13.8 Å². The number of aliphatic carboxylic acids is 1. The highest BCUT2D eigenvalue weighted by molar-refractivity contribution is 7.46. The van der Waals surface area contributed by atoms with Crippen molar-refractivity contribution in [3.05, 3.63) is 24.3 Å². The number of phosphoric acid groups is 1. The monoisotopic (exact) mass is 778 g/mol. The average Bonchev–Trinajstić information content (AvgIpc) is 3.13. The number of aliphatic hydroxyl groups is 1. The van der Waals surface area contributed by atoms with Crippen molar-refractivity contribution in [2.75, 3.05) is 33.0 Å². The fourth-order valence-electron chi connectivity index (χ4n) is 5.67. The Labute approximate surface area is 325 Å². The maximum Gasteiger partial charge on any atom is 0.469 e. The van der Waals surface area contributed by atoms with Crippen molar-refractivity contribution in [3.8, 4) is 0 Å². The molecule has 316 valence electrons. The summed E-state index contributed by atoms with van der Waals surface area (Å²) >= 11 is 0. The second kappa shape index (κ2) is 43.6. The quantitative estimate of drug-likeness (QED) is 0.0229. The highest BCUT2D eigenvalue weighted by Crippen LogP contribution is 2.35. The summed E-state index contributed by atoms with van der Waals surface area (Å²) in [6.07, 6.45) is 46.4. The van der Waals surface area contributed by atoms with Crippen LogP contribution in [0.3, 0.4) is 0 Å². The summed E-state index contributed by atoms with van der Waals surface area (Å²) in [5.74, 6) is -1.38. The third kappa shape index (κ3) is 48.9. The van der Waals surface area contributed by atoms with Gasteiger partial charge in [0.1, 0.15) is 12.1 Å². The minimum absolute atomic E-state index is 0.0553. The van der Waals surface area contributed by atoms with Crippen LogP contribution in [0.5, 0.6) is 0 Å². The first-order chi connectivity index (χ1) is 25.7. The van der Waals surface area contributed by atoms with Crippen molar-refractivity contribution in [2.24, 2.45) is 5.73 Å². The number of ether oxygens (including phenoxy) is 2. The Bertz CT molecular complexity index is 852. The highest BCUT2D eigenvalue weighted by Gasteiger charge is 2.19. The van der Waals surface area contributed by atoms with Crippen LogP contribution >= 0.6 is 7.82 Å². The van der Waals surface area contributed by atoms with Crippen LogP contribution < -0.4 is 5.73 Å². The molecule has 0 heterocycles. The maximum absolute atomic E-state index is 9.98. The van der Waals surface area contributed by atoms with Gasteiger partial charge in [-0.15, -0.1) is 0 Å². The molecule has 2 atom stereocenters. The van der Waals surface area contributed by atoms with E-state index in [0.717, 1.165) is 26.1 Å². The van der Waals surface area contributed by atoms with Crippen LogP contribution in [0.25, 0.3) is 0 Å². The third-order valence-corrected chi connectivity index (χ3v) is 9.54. The van der Waals surface area contributed by atoms with Gasteiger partial charge in [0.25, 0.3) is 0 Å². The molecule has 0 radical (unpaired) electrons. The number of carboxylic acid groups (broad SMARTS) is 1. The molecule has 0 aromatic carbocycles. The van der Waals surface area contributed by atoms with E-state index in [1.807, 2.05) is 0 Å². The highest BCUT2D eigenvalue weighted by atomic mass is 31.2. The number of unbranched alkanes of at least 4 members (excludes halogenated alkanes) is 24. The van der Waals surface area contributed by atoms with Crippen molar-refractivity contribution >= 4 is 13.8 Å². The van der Waals surface area contributed by atoms with Gasteiger partial charge in [-0.3, -0.25) is 9.32 Å². The molecule has 0 aromatic heterocycles. The standard InChI is InChI=1S/C39H76O3.C3H8NO6P/c1-3-5-7-9-11-13-15-17-19-21-23-25-27-29-31-33-35-41-38-39(37-40)42-36-34-32-30-28-26-24-22-20-18-16-14-12-10-8-6-4-2;4-2(3(5)6)1-10-11(7,8)9/h17-20,39-40H,3-16,21-38H2,1-2H3;2H,1,4H2,(H,5,6)(H2,7,8,9)/b19-17-,20-18-;. The van der Waals surface area contributed by atoms with E-state index in [-0.39, 0.29) is 12.7 Å². The van der Waals surface area contributed by atoms with Gasteiger partial charge in [0.15, 0.2) is 0 Å². The molecule has 2 unspecified atom stereocenters. The summed E-state index contributed by atoms with van der Waals surface area (Å²) in [7, 11) is -4.60. The number of carbonyl (C=O) groups is 1. The number of hydrogen-bond acceptors (Lipinski definition) is 7. The summed E-state index contributed by atoms with van der Waals surface area (Å²) in [5.41, 5.74) is 4.86. The first-order valence-electron chi connectivity index (χ1n) is 21.5. The molecule has 0 aliphatic rings. The van der Waals surface area contributed by atoms with Crippen LogP contribution in [0.4, 0.5) is 0 Å². The molecular weight excluding hydrogens is 693 g/mol. The van der Waals surface area contributed by atoms with Crippen LogP contribution in [0, 0.1) is 0 Å². The fraction of sp³-hybridized carbons (Fsp3) is 0.881. The molecule has 0 rings (SSSR count). The first kappa shape index (κ1) is 54.0. The van der Waals surface area contributed by atoms with E-state index in [1.165, 1.54) is 167 Å². The normalized spacial score (nSPS) is 13.1. The summed E-state index contributed by atoms with van der Waals surface area (Å²) in [6, 6.07) is -1.41. The topological polar surface area (TPSA) is 169 Å². The molecule has 0 amide bonds. The van der Waals surface area contributed by atoms with Gasteiger partial charge in [0.05, 0.1) is 19.8 Å². The average molecular weight is 778 g/mol. The lowest BCUT2D eigenvalue weighted by atomic mass is 10.1. The number of rotatable bonds is 40. The summed E-state index contributed by atoms with van der Waals surface area (Å²) in [4.78, 5) is 26.1. The number of phosphoric ester groups is 1. The van der Waals surface area contributed by atoms with Gasteiger partial charge in [-0.25, -0.2) is 4.57 Å². The number of nitrogens with two attached hydrogens (primary N) is 1. The fourth-order valence-corrected chi connectivity index (χ4v) is 6.02. The molecular formula is C42H84NO9P. The lowest BCUT2D eigenvalue weighted by molar-refractivity contribution is -0.139. The van der Waals surface area contributed by atoms with Gasteiger partial charge < -0.3 is 35.2 Å². The Morgan fingerprint density at radius 3 is 1.30 bits per heavy atom. The number of allylic oxidation sites excluding steroid dienone is 4. The molecule has 0 spiro atoms. The van der Waals surface area contributed by atoms with Gasteiger partial charge in [0.2, 0.25) is 0 Å². The predicted octanol–water partition coefficient (Wildman–Crippen LogP) is 11.0. The molecule has 0 saturated carbocycles. The Balaban J connectivity index is 0. The zero-order valence-electron chi connectivity index (χ0n) is 34.2. The summed E-state index contributed by atoms with van der Waals surface area (Å²) in [5, 5.41) is 17.7. The Morgan fingerprint density at radius 2 is 0.943 bits per heavy atom. The molecule has 0 aliphatic heterocycles. The molecule has 0 aromatic rings. The molecule has 0 fully saturated rings. The van der Waals surface area contributed by atoms with E-state index in [4.69, 9.17) is 30.1 Å². The lowest BCUT2D eigenvalue weighted by Gasteiger charge is -2.15. The van der Waals surface area contributed by atoms with Crippen LogP contribution in [-0.2, 0) is 23.4 Å². The van der Waals surface area contributed by atoms with Crippen molar-refractivity contribution < 1.29 is 43.4 Å². The minimum atomic E-state index is -4.60.